The molecule has 156 valence electrons. The molecule has 1 aromatic rings. The fourth-order valence-electron chi connectivity index (χ4n) is 5.01. The fourth-order valence-corrected chi connectivity index (χ4v) is 5.01. The Bertz CT molecular complexity index is 793. The molecule has 1 fully saturated rings. The monoisotopic (exact) mass is 396 g/mol. The first-order valence-electron chi connectivity index (χ1n) is 11.0. The Morgan fingerprint density at radius 2 is 1.55 bits per heavy atom. The highest BCUT2D eigenvalue weighted by Gasteiger charge is 2.42. The van der Waals surface area contributed by atoms with Gasteiger partial charge in [0, 0.05) is 11.5 Å². The number of amides is 1. The molecule has 0 bridgehead atoms. The predicted molar refractivity (Wildman–Crippen MR) is 114 cm³/mol. The maximum Gasteiger partial charge on any atom is 0.247 e. The molecule has 29 heavy (non-hydrogen) atoms. The van der Waals surface area contributed by atoms with Crippen LogP contribution in [0, 0.1) is 11.8 Å². The molecule has 2 aliphatic carbocycles. The van der Waals surface area contributed by atoms with Crippen LogP contribution < -0.4 is 9.47 Å². The van der Waals surface area contributed by atoms with Gasteiger partial charge in [-0.05, 0) is 43.9 Å². The van der Waals surface area contributed by atoms with Crippen LogP contribution in [0.3, 0.4) is 0 Å². The second-order valence-corrected chi connectivity index (χ2v) is 8.39. The summed E-state index contributed by atoms with van der Waals surface area (Å²) in [7, 11) is 3.30. The van der Waals surface area contributed by atoms with Crippen molar-refractivity contribution >= 4 is 11.6 Å². The van der Waals surface area contributed by atoms with Gasteiger partial charge in [0.05, 0.1) is 31.9 Å². The number of nitrogens with zero attached hydrogens (tertiary/aromatic N) is 2. The lowest BCUT2D eigenvalue weighted by molar-refractivity contribution is -0.140. The molecule has 5 heteroatoms. The van der Waals surface area contributed by atoms with Gasteiger partial charge >= 0.3 is 0 Å². The molecule has 3 aliphatic rings. The maximum atomic E-state index is 13.4. The maximum absolute atomic E-state index is 13.4. The Kier molecular flexibility index (Phi) is 6.22. The summed E-state index contributed by atoms with van der Waals surface area (Å²) in [6.45, 7) is 0. The molecule has 1 aromatic carbocycles. The number of benzene rings is 1. The molecule has 0 radical (unpaired) electrons. The number of carbonyl (C=O) groups is 1. The quantitative estimate of drug-likeness (QED) is 0.677. The van der Waals surface area contributed by atoms with Gasteiger partial charge in [-0.1, -0.05) is 44.3 Å². The van der Waals surface area contributed by atoms with E-state index in [4.69, 9.17) is 14.6 Å². The van der Waals surface area contributed by atoms with Crippen LogP contribution in [0.2, 0.25) is 0 Å². The van der Waals surface area contributed by atoms with Gasteiger partial charge in [-0.2, -0.15) is 5.10 Å². The van der Waals surface area contributed by atoms with Crippen LogP contribution in [0.4, 0.5) is 0 Å². The van der Waals surface area contributed by atoms with Crippen LogP contribution in [0.15, 0.2) is 35.5 Å². The number of hydrogen-bond acceptors (Lipinski definition) is 4. The molecular weight excluding hydrogens is 364 g/mol. The Hall–Kier alpha value is -2.30. The zero-order chi connectivity index (χ0) is 20.2. The minimum Gasteiger partial charge on any atom is -0.493 e. The molecule has 1 amide bonds. The number of allylic oxidation sites excluding steroid dienone is 2. The SMILES string of the molecule is COc1ccc(C2=NN(C3CCCCCCC3)C(=O)[C@@H]3CC=CC[C@H]23)cc1OC. The number of fused-ring (bicyclic) bond motifs is 1. The van der Waals surface area contributed by atoms with Gasteiger partial charge in [0.2, 0.25) is 5.91 Å². The zero-order valence-corrected chi connectivity index (χ0v) is 17.6. The summed E-state index contributed by atoms with van der Waals surface area (Å²) in [6, 6.07) is 6.20. The Morgan fingerprint density at radius 1 is 0.897 bits per heavy atom. The molecule has 2 atom stereocenters. The molecule has 1 heterocycles. The number of ether oxygens (including phenoxy) is 2. The van der Waals surface area contributed by atoms with Crippen molar-refractivity contribution in [2.24, 2.45) is 16.9 Å². The molecule has 5 nitrogen and oxygen atoms in total. The molecule has 0 N–H and O–H groups in total. The van der Waals surface area contributed by atoms with E-state index in [2.05, 4.69) is 12.2 Å². The highest BCUT2D eigenvalue weighted by Crippen LogP contribution is 2.38. The smallest absolute Gasteiger partial charge is 0.247 e. The molecule has 1 aliphatic heterocycles. The van der Waals surface area contributed by atoms with Crippen LogP contribution >= 0.6 is 0 Å². The minimum absolute atomic E-state index is 0.00830. The average molecular weight is 397 g/mol. The molecule has 0 aromatic heterocycles. The number of rotatable bonds is 4. The zero-order valence-electron chi connectivity index (χ0n) is 17.6. The molecule has 0 saturated heterocycles. The van der Waals surface area contributed by atoms with Crippen LogP contribution in [-0.4, -0.2) is 36.9 Å². The highest BCUT2D eigenvalue weighted by molar-refractivity contribution is 6.07. The van der Waals surface area contributed by atoms with Crippen molar-refractivity contribution in [1.29, 1.82) is 0 Å². The summed E-state index contributed by atoms with van der Waals surface area (Å²) in [6.07, 6.45) is 14.3. The van der Waals surface area contributed by atoms with E-state index < -0.39 is 0 Å². The van der Waals surface area contributed by atoms with E-state index >= 15 is 0 Å². The second-order valence-electron chi connectivity index (χ2n) is 8.39. The van der Waals surface area contributed by atoms with Crippen LogP contribution in [0.5, 0.6) is 11.5 Å². The minimum atomic E-state index is -0.00830. The van der Waals surface area contributed by atoms with Crippen LogP contribution in [0.25, 0.3) is 0 Å². The average Bonchev–Trinajstić information content (AvgIpc) is 2.74. The summed E-state index contributed by atoms with van der Waals surface area (Å²) in [5, 5.41) is 6.87. The van der Waals surface area contributed by atoms with E-state index in [9.17, 15) is 4.79 Å². The normalized spacial score (nSPS) is 25.7. The first kappa shape index (κ1) is 20.0. The van der Waals surface area contributed by atoms with E-state index in [-0.39, 0.29) is 23.8 Å². The summed E-state index contributed by atoms with van der Waals surface area (Å²) in [5.74, 6) is 1.75. The van der Waals surface area contributed by atoms with Crippen molar-refractivity contribution in [1.82, 2.24) is 5.01 Å². The van der Waals surface area contributed by atoms with Crippen LogP contribution in [-0.2, 0) is 4.79 Å². The Morgan fingerprint density at radius 3 is 2.24 bits per heavy atom. The van der Waals surface area contributed by atoms with E-state index in [1.165, 1.54) is 32.1 Å². The molecule has 0 spiro atoms. The predicted octanol–water partition coefficient (Wildman–Crippen LogP) is 4.95. The lowest BCUT2D eigenvalue weighted by Gasteiger charge is -2.40. The van der Waals surface area contributed by atoms with Gasteiger partial charge < -0.3 is 9.47 Å². The van der Waals surface area contributed by atoms with Crippen molar-refractivity contribution in [2.75, 3.05) is 14.2 Å². The van der Waals surface area contributed by atoms with Gasteiger partial charge in [0.1, 0.15) is 0 Å². The van der Waals surface area contributed by atoms with Crippen molar-refractivity contribution in [3.8, 4) is 11.5 Å². The molecule has 4 rings (SSSR count). The number of carbonyl (C=O) groups excluding carboxylic acids is 1. The Balaban J connectivity index is 1.72. The summed E-state index contributed by atoms with van der Waals surface area (Å²) in [4.78, 5) is 13.4. The van der Waals surface area contributed by atoms with Crippen molar-refractivity contribution in [2.45, 2.75) is 63.8 Å². The standard InChI is InChI=1S/C24H32N2O3/c1-28-21-15-14-17(16-22(21)29-2)23-19-12-8-9-13-20(19)24(27)26(25-23)18-10-6-4-3-5-7-11-18/h8-9,14-16,18-20H,3-7,10-13H2,1-2H3/t19-,20+/m0/s1. The van der Waals surface area contributed by atoms with E-state index in [1.807, 2.05) is 23.2 Å². The lowest BCUT2D eigenvalue weighted by Crippen LogP contribution is -2.49. The molecular formula is C24H32N2O3. The van der Waals surface area contributed by atoms with Gasteiger partial charge in [0.15, 0.2) is 11.5 Å². The van der Waals surface area contributed by atoms with Crippen molar-refractivity contribution < 1.29 is 14.3 Å². The highest BCUT2D eigenvalue weighted by atomic mass is 16.5. The first-order valence-corrected chi connectivity index (χ1v) is 11.0. The second kappa shape index (κ2) is 9.02. The van der Waals surface area contributed by atoms with Gasteiger partial charge in [-0.15, -0.1) is 0 Å². The van der Waals surface area contributed by atoms with E-state index in [0.717, 1.165) is 37.0 Å². The van der Waals surface area contributed by atoms with Gasteiger partial charge in [-0.25, -0.2) is 5.01 Å². The van der Waals surface area contributed by atoms with Gasteiger partial charge in [0.25, 0.3) is 0 Å². The molecule has 1 saturated carbocycles. The van der Waals surface area contributed by atoms with Crippen molar-refractivity contribution in [3.63, 3.8) is 0 Å². The first-order chi connectivity index (χ1) is 14.2. The molecule has 0 unspecified atom stereocenters. The number of methoxy groups -OCH3 is 2. The van der Waals surface area contributed by atoms with Crippen molar-refractivity contribution in [3.05, 3.63) is 35.9 Å². The largest absolute Gasteiger partial charge is 0.493 e. The van der Waals surface area contributed by atoms with E-state index in [1.54, 1.807) is 14.2 Å². The van der Waals surface area contributed by atoms with Gasteiger partial charge in [-0.3, -0.25) is 4.79 Å². The fraction of sp³-hybridized carbons (Fsp3) is 0.583. The summed E-state index contributed by atoms with van der Waals surface area (Å²) in [5.41, 5.74) is 2.04. The Labute approximate surface area is 173 Å². The summed E-state index contributed by atoms with van der Waals surface area (Å²) < 4.78 is 10.9. The third-order valence-corrected chi connectivity index (χ3v) is 6.64. The third-order valence-electron chi connectivity index (χ3n) is 6.64. The third kappa shape index (κ3) is 4.05. The lowest BCUT2D eigenvalue weighted by atomic mass is 9.76. The number of hydrogen-bond donors (Lipinski definition) is 0. The summed E-state index contributed by atoms with van der Waals surface area (Å²) >= 11 is 0. The topological polar surface area (TPSA) is 51.1 Å². The van der Waals surface area contributed by atoms with E-state index in [0.29, 0.717) is 11.5 Å². The van der Waals surface area contributed by atoms with Crippen LogP contribution in [0.1, 0.15) is 63.4 Å². The number of hydrazone groups is 1.